The molecule has 0 aromatic heterocycles. The summed E-state index contributed by atoms with van der Waals surface area (Å²) in [5.41, 5.74) is 1.69. The van der Waals surface area contributed by atoms with Crippen molar-refractivity contribution in [2.75, 3.05) is 39.3 Å². The maximum atomic E-state index is 12.1. The lowest BCUT2D eigenvalue weighted by molar-refractivity contribution is -0.118. The van der Waals surface area contributed by atoms with E-state index in [2.05, 4.69) is 10.6 Å². The third-order valence-corrected chi connectivity index (χ3v) is 3.80. The van der Waals surface area contributed by atoms with Crippen LogP contribution in [0, 0.1) is 0 Å². The number of ether oxygens (including phenoxy) is 3. The Morgan fingerprint density at radius 1 is 1.04 bits per heavy atom. The third-order valence-electron chi connectivity index (χ3n) is 3.80. The van der Waals surface area contributed by atoms with Gasteiger partial charge in [-0.1, -0.05) is 6.07 Å². The zero-order chi connectivity index (χ0) is 19.5. The number of carbonyl (C=O) groups is 1. The Labute approximate surface area is 159 Å². The Balaban J connectivity index is 1.86. The number of hydrogen-bond acceptors (Lipinski definition) is 6. The summed E-state index contributed by atoms with van der Waals surface area (Å²) in [7, 11) is 3.15. The quantitative estimate of drug-likeness (QED) is 0.523. The molecule has 27 heavy (non-hydrogen) atoms. The summed E-state index contributed by atoms with van der Waals surface area (Å²) in [6, 6.07) is 12.6. The molecule has 0 fully saturated rings. The molecule has 7 heteroatoms. The van der Waals surface area contributed by atoms with Crippen LogP contribution < -0.4 is 24.8 Å². The lowest BCUT2D eigenvalue weighted by Gasteiger charge is -2.13. The molecule has 0 saturated carbocycles. The summed E-state index contributed by atoms with van der Waals surface area (Å²) < 4.78 is 16.0. The van der Waals surface area contributed by atoms with Gasteiger partial charge >= 0.3 is 0 Å². The number of benzene rings is 2. The Hall–Kier alpha value is -2.77. The van der Waals surface area contributed by atoms with Crippen molar-refractivity contribution in [2.45, 2.75) is 13.0 Å². The van der Waals surface area contributed by atoms with Crippen LogP contribution in [0.15, 0.2) is 42.5 Å². The number of hydrogen-bond donors (Lipinski definition) is 3. The monoisotopic (exact) mass is 374 g/mol. The minimum Gasteiger partial charge on any atom is -0.497 e. The highest BCUT2D eigenvalue weighted by atomic mass is 16.5. The second-order valence-electron chi connectivity index (χ2n) is 5.80. The van der Waals surface area contributed by atoms with E-state index >= 15 is 0 Å². The fourth-order valence-corrected chi connectivity index (χ4v) is 2.39. The SMILES string of the molecule is COc1ccc(NC(=O)COc2ccc(CNCCCO)cc2OC)cc1. The summed E-state index contributed by atoms with van der Waals surface area (Å²) in [6.45, 7) is 1.44. The van der Waals surface area contributed by atoms with E-state index in [1.54, 1.807) is 44.6 Å². The first kappa shape index (κ1) is 20.5. The first-order valence-electron chi connectivity index (χ1n) is 8.71. The fourth-order valence-electron chi connectivity index (χ4n) is 2.39. The predicted octanol–water partition coefficient (Wildman–Crippen LogP) is 2.19. The lowest BCUT2D eigenvalue weighted by Crippen LogP contribution is -2.20. The van der Waals surface area contributed by atoms with Crippen molar-refractivity contribution < 1.29 is 24.1 Å². The first-order valence-corrected chi connectivity index (χ1v) is 8.71. The number of rotatable bonds is 11. The van der Waals surface area contributed by atoms with Crippen LogP contribution in [0.3, 0.4) is 0 Å². The molecule has 2 aromatic carbocycles. The van der Waals surface area contributed by atoms with Crippen LogP contribution in [-0.4, -0.2) is 45.0 Å². The molecule has 146 valence electrons. The number of aliphatic hydroxyl groups excluding tert-OH is 1. The van der Waals surface area contributed by atoms with Gasteiger partial charge in [0.1, 0.15) is 5.75 Å². The fraction of sp³-hybridized carbons (Fsp3) is 0.350. The minimum atomic E-state index is -0.267. The molecular formula is C20H26N2O5. The highest BCUT2D eigenvalue weighted by Crippen LogP contribution is 2.28. The van der Waals surface area contributed by atoms with E-state index < -0.39 is 0 Å². The summed E-state index contributed by atoms with van der Waals surface area (Å²) in [4.78, 5) is 12.1. The van der Waals surface area contributed by atoms with Crippen molar-refractivity contribution in [3.8, 4) is 17.2 Å². The zero-order valence-corrected chi connectivity index (χ0v) is 15.7. The second-order valence-corrected chi connectivity index (χ2v) is 5.80. The average Bonchev–Trinajstić information content (AvgIpc) is 2.70. The predicted molar refractivity (Wildman–Crippen MR) is 104 cm³/mol. The van der Waals surface area contributed by atoms with Crippen LogP contribution in [0.2, 0.25) is 0 Å². The Morgan fingerprint density at radius 3 is 2.48 bits per heavy atom. The number of amides is 1. The van der Waals surface area contributed by atoms with Gasteiger partial charge in [-0.25, -0.2) is 0 Å². The Morgan fingerprint density at radius 2 is 1.81 bits per heavy atom. The van der Waals surface area contributed by atoms with Gasteiger partial charge in [0.15, 0.2) is 18.1 Å². The molecule has 0 aliphatic carbocycles. The number of aliphatic hydroxyl groups is 1. The van der Waals surface area contributed by atoms with E-state index in [4.69, 9.17) is 19.3 Å². The largest absolute Gasteiger partial charge is 0.497 e. The number of methoxy groups -OCH3 is 2. The highest BCUT2D eigenvalue weighted by molar-refractivity contribution is 5.91. The van der Waals surface area contributed by atoms with Crippen molar-refractivity contribution in [1.82, 2.24) is 5.32 Å². The van der Waals surface area contributed by atoms with Crippen LogP contribution in [0.1, 0.15) is 12.0 Å². The van der Waals surface area contributed by atoms with Gasteiger partial charge in [-0.05, 0) is 54.9 Å². The van der Waals surface area contributed by atoms with Gasteiger partial charge < -0.3 is 30.0 Å². The van der Waals surface area contributed by atoms with Gasteiger partial charge in [0.25, 0.3) is 5.91 Å². The minimum absolute atomic E-state index is 0.128. The summed E-state index contributed by atoms with van der Waals surface area (Å²) in [6.07, 6.45) is 0.710. The van der Waals surface area contributed by atoms with E-state index in [0.717, 1.165) is 17.9 Å². The molecule has 0 saturated heterocycles. The van der Waals surface area contributed by atoms with Gasteiger partial charge in [0.2, 0.25) is 0 Å². The molecule has 3 N–H and O–H groups in total. The van der Waals surface area contributed by atoms with E-state index in [9.17, 15) is 4.79 Å². The summed E-state index contributed by atoms with van der Waals surface area (Å²) >= 11 is 0. The van der Waals surface area contributed by atoms with Crippen LogP contribution in [0.5, 0.6) is 17.2 Å². The number of carbonyl (C=O) groups excluding carboxylic acids is 1. The van der Waals surface area contributed by atoms with E-state index in [1.807, 2.05) is 12.1 Å². The third kappa shape index (κ3) is 6.80. The van der Waals surface area contributed by atoms with Crippen molar-refractivity contribution in [2.24, 2.45) is 0 Å². The normalized spacial score (nSPS) is 10.3. The van der Waals surface area contributed by atoms with Gasteiger partial charge in [0, 0.05) is 18.8 Å². The number of anilines is 1. The molecule has 0 spiro atoms. The van der Waals surface area contributed by atoms with Crippen LogP contribution in [-0.2, 0) is 11.3 Å². The van der Waals surface area contributed by atoms with Crippen molar-refractivity contribution in [3.63, 3.8) is 0 Å². The maximum absolute atomic E-state index is 12.1. The maximum Gasteiger partial charge on any atom is 0.262 e. The molecule has 7 nitrogen and oxygen atoms in total. The molecule has 0 unspecified atom stereocenters. The molecule has 2 rings (SSSR count). The average molecular weight is 374 g/mol. The molecule has 1 amide bonds. The Bertz CT molecular complexity index is 719. The highest BCUT2D eigenvalue weighted by Gasteiger charge is 2.09. The topological polar surface area (TPSA) is 89.1 Å². The lowest BCUT2D eigenvalue weighted by atomic mass is 10.2. The molecule has 0 bridgehead atoms. The van der Waals surface area contributed by atoms with Crippen LogP contribution >= 0.6 is 0 Å². The van der Waals surface area contributed by atoms with Gasteiger partial charge in [-0.2, -0.15) is 0 Å². The van der Waals surface area contributed by atoms with Crippen molar-refractivity contribution >= 4 is 11.6 Å². The van der Waals surface area contributed by atoms with E-state index in [0.29, 0.717) is 30.2 Å². The Kier molecular flexibility index (Phi) is 8.41. The molecule has 0 heterocycles. The van der Waals surface area contributed by atoms with Gasteiger partial charge in [-0.3, -0.25) is 4.79 Å². The molecule has 2 aromatic rings. The van der Waals surface area contributed by atoms with Crippen LogP contribution in [0.4, 0.5) is 5.69 Å². The smallest absolute Gasteiger partial charge is 0.262 e. The molecule has 0 radical (unpaired) electrons. The number of nitrogens with one attached hydrogen (secondary N) is 2. The van der Waals surface area contributed by atoms with Gasteiger partial charge in [0.05, 0.1) is 14.2 Å². The molecule has 0 atom stereocenters. The van der Waals surface area contributed by atoms with Gasteiger partial charge in [-0.15, -0.1) is 0 Å². The van der Waals surface area contributed by atoms with E-state index in [-0.39, 0.29) is 19.1 Å². The molecule has 0 aliphatic rings. The molecule has 0 aliphatic heterocycles. The summed E-state index contributed by atoms with van der Waals surface area (Å²) in [5.74, 6) is 1.52. The second kappa shape index (κ2) is 11.1. The van der Waals surface area contributed by atoms with Crippen molar-refractivity contribution in [1.29, 1.82) is 0 Å². The van der Waals surface area contributed by atoms with E-state index in [1.165, 1.54) is 0 Å². The standard InChI is InChI=1S/C20H26N2O5/c1-25-17-7-5-16(6-8-17)22-20(24)14-27-18-9-4-15(12-19(18)26-2)13-21-10-3-11-23/h4-9,12,21,23H,3,10-11,13-14H2,1-2H3,(H,22,24). The zero-order valence-electron chi connectivity index (χ0n) is 15.7. The van der Waals surface area contributed by atoms with Crippen LogP contribution in [0.25, 0.3) is 0 Å². The summed E-state index contributed by atoms with van der Waals surface area (Å²) in [5, 5.41) is 14.8. The van der Waals surface area contributed by atoms with Crippen molar-refractivity contribution in [3.05, 3.63) is 48.0 Å². The first-order chi connectivity index (χ1) is 13.2. The molecular weight excluding hydrogens is 348 g/mol.